The topological polar surface area (TPSA) is 43.4 Å². The van der Waals surface area contributed by atoms with Crippen molar-refractivity contribution in [2.24, 2.45) is 0 Å². The van der Waals surface area contributed by atoms with E-state index < -0.39 is 0 Å². The number of para-hydroxylation sites is 1. The van der Waals surface area contributed by atoms with E-state index in [1.165, 1.54) is 0 Å². The molecule has 0 aliphatic rings. The molecule has 0 aromatic heterocycles. The van der Waals surface area contributed by atoms with Crippen LogP contribution in [0.15, 0.2) is 24.3 Å². The Morgan fingerprint density at radius 1 is 1.40 bits per heavy atom. The average Bonchev–Trinajstić information content (AvgIpc) is 2.22. The number of ether oxygens (including phenoxy) is 1. The minimum Gasteiger partial charge on any atom is -0.425 e. The summed E-state index contributed by atoms with van der Waals surface area (Å²) in [4.78, 5) is 21.3. The van der Waals surface area contributed by atoms with Crippen molar-refractivity contribution in [3.8, 4) is 5.75 Å². The smallest absolute Gasteiger partial charge is 0.311 e. The number of rotatable bonds is 5. The summed E-state index contributed by atoms with van der Waals surface area (Å²) in [5.74, 6) is 0.287. The fraction of sp³-hybridized carbons (Fsp3) is 0.273. The lowest BCUT2D eigenvalue weighted by atomic mass is 10.2. The zero-order valence-electron chi connectivity index (χ0n) is 8.11. The quantitative estimate of drug-likeness (QED) is 0.275. The zero-order valence-corrected chi connectivity index (χ0v) is 10.3. The molecular formula is C11H11IO3. The van der Waals surface area contributed by atoms with Gasteiger partial charge in [-0.3, -0.25) is 4.79 Å². The number of benzene rings is 1. The SMILES string of the molecule is O=CCCCC(=O)Oc1ccccc1I. The van der Waals surface area contributed by atoms with Crippen LogP contribution in [0.3, 0.4) is 0 Å². The van der Waals surface area contributed by atoms with Gasteiger partial charge >= 0.3 is 5.97 Å². The Morgan fingerprint density at radius 3 is 2.80 bits per heavy atom. The highest BCUT2D eigenvalue weighted by Gasteiger charge is 2.06. The van der Waals surface area contributed by atoms with E-state index in [9.17, 15) is 9.59 Å². The van der Waals surface area contributed by atoms with E-state index in [0.29, 0.717) is 18.6 Å². The van der Waals surface area contributed by atoms with Crippen LogP contribution in [0.4, 0.5) is 0 Å². The molecule has 0 saturated heterocycles. The molecule has 1 aromatic rings. The third kappa shape index (κ3) is 4.42. The normalized spacial score (nSPS) is 9.67. The third-order valence-corrected chi connectivity index (χ3v) is 2.65. The van der Waals surface area contributed by atoms with Crippen molar-refractivity contribution in [3.63, 3.8) is 0 Å². The van der Waals surface area contributed by atoms with Crippen molar-refractivity contribution >= 4 is 34.8 Å². The zero-order chi connectivity index (χ0) is 11.1. The lowest BCUT2D eigenvalue weighted by Gasteiger charge is -2.04. The molecule has 0 atom stereocenters. The van der Waals surface area contributed by atoms with Crippen molar-refractivity contribution in [2.75, 3.05) is 0 Å². The summed E-state index contributed by atoms with van der Waals surface area (Å²) in [5.41, 5.74) is 0. The van der Waals surface area contributed by atoms with Crippen molar-refractivity contribution in [1.29, 1.82) is 0 Å². The summed E-state index contributed by atoms with van der Waals surface area (Å²) in [5, 5.41) is 0. The van der Waals surface area contributed by atoms with Crippen LogP contribution in [0.1, 0.15) is 19.3 Å². The van der Waals surface area contributed by atoms with Crippen LogP contribution in [0, 0.1) is 3.57 Å². The van der Waals surface area contributed by atoms with Crippen LogP contribution in [-0.4, -0.2) is 12.3 Å². The van der Waals surface area contributed by atoms with Gasteiger partial charge in [0.25, 0.3) is 0 Å². The molecule has 0 fully saturated rings. The Labute approximate surface area is 102 Å². The molecule has 0 bridgehead atoms. The van der Waals surface area contributed by atoms with E-state index >= 15 is 0 Å². The number of unbranched alkanes of at least 4 members (excludes halogenated alkanes) is 1. The molecule has 0 saturated carbocycles. The number of hydrogen-bond donors (Lipinski definition) is 0. The first-order valence-corrected chi connectivity index (χ1v) is 5.70. The maximum atomic E-state index is 11.3. The van der Waals surface area contributed by atoms with Crippen molar-refractivity contribution in [1.82, 2.24) is 0 Å². The van der Waals surface area contributed by atoms with Crippen LogP contribution in [0.2, 0.25) is 0 Å². The van der Waals surface area contributed by atoms with Gasteiger partial charge in [-0.2, -0.15) is 0 Å². The Kier molecular flexibility index (Phi) is 5.31. The third-order valence-electron chi connectivity index (χ3n) is 1.76. The molecule has 3 nitrogen and oxygen atoms in total. The Balaban J connectivity index is 2.44. The second-order valence-electron chi connectivity index (χ2n) is 2.96. The van der Waals surface area contributed by atoms with E-state index in [0.717, 1.165) is 9.86 Å². The molecule has 4 heteroatoms. The van der Waals surface area contributed by atoms with E-state index in [4.69, 9.17) is 4.74 Å². The summed E-state index contributed by atoms with van der Waals surface area (Å²) in [7, 11) is 0. The van der Waals surface area contributed by atoms with Gasteiger partial charge in [-0.05, 0) is 41.1 Å². The number of hydrogen-bond acceptors (Lipinski definition) is 3. The van der Waals surface area contributed by atoms with Gasteiger partial charge in [-0.1, -0.05) is 12.1 Å². The standard InChI is InChI=1S/C11H11IO3/c12-9-5-1-2-6-10(9)15-11(14)7-3-4-8-13/h1-2,5-6,8H,3-4,7H2. The van der Waals surface area contributed by atoms with Gasteiger partial charge in [0, 0.05) is 12.8 Å². The van der Waals surface area contributed by atoms with Crippen molar-refractivity contribution < 1.29 is 14.3 Å². The van der Waals surface area contributed by atoms with Crippen LogP contribution >= 0.6 is 22.6 Å². The summed E-state index contributed by atoms with van der Waals surface area (Å²) in [6.07, 6.45) is 2.04. The van der Waals surface area contributed by atoms with Crippen LogP contribution < -0.4 is 4.74 Å². The number of aldehydes is 1. The Bertz CT molecular complexity index is 349. The fourth-order valence-corrected chi connectivity index (χ4v) is 1.53. The molecule has 15 heavy (non-hydrogen) atoms. The Hall–Kier alpha value is -0.910. The maximum Gasteiger partial charge on any atom is 0.311 e. The maximum absolute atomic E-state index is 11.3. The lowest BCUT2D eigenvalue weighted by molar-refractivity contribution is -0.134. The second kappa shape index (κ2) is 6.55. The molecule has 0 amide bonds. The Morgan fingerprint density at radius 2 is 2.13 bits per heavy atom. The summed E-state index contributed by atoms with van der Waals surface area (Å²) in [6.45, 7) is 0. The molecule has 0 radical (unpaired) electrons. The van der Waals surface area contributed by atoms with E-state index in [2.05, 4.69) is 22.6 Å². The lowest BCUT2D eigenvalue weighted by Crippen LogP contribution is -2.08. The highest BCUT2D eigenvalue weighted by Crippen LogP contribution is 2.20. The summed E-state index contributed by atoms with van der Waals surface area (Å²) in [6, 6.07) is 7.32. The van der Waals surface area contributed by atoms with Gasteiger partial charge in [-0.15, -0.1) is 0 Å². The highest BCUT2D eigenvalue weighted by molar-refractivity contribution is 14.1. The van der Waals surface area contributed by atoms with Crippen molar-refractivity contribution in [3.05, 3.63) is 27.8 Å². The van der Waals surface area contributed by atoms with Gasteiger partial charge < -0.3 is 9.53 Å². The molecule has 0 spiro atoms. The first-order chi connectivity index (χ1) is 7.24. The minimum absolute atomic E-state index is 0.281. The summed E-state index contributed by atoms with van der Waals surface area (Å²) >= 11 is 2.11. The van der Waals surface area contributed by atoms with Gasteiger partial charge in [0.2, 0.25) is 0 Å². The molecule has 0 unspecified atom stereocenters. The van der Waals surface area contributed by atoms with Gasteiger partial charge in [-0.25, -0.2) is 0 Å². The summed E-state index contributed by atoms with van der Waals surface area (Å²) < 4.78 is 6.03. The molecule has 0 aliphatic heterocycles. The minimum atomic E-state index is -0.291. The number of halogens is 1. The second-order valence-corrected chi connectivity index (χ2v) is 4.13. The number of carbonyl (C=O) groups excluding carboxylic acids is 2. The number of esters is 1. The van der Waals surface area contributed by atoms with Crippen molar-refractivity contribution in [2.45, 2.75) is 19.3 Å². The largest absolute Gasteiger partial charge is 0.425 e. The molecule has 1 rings (SSSR count). The van der Waals surface area contributed by atoms with Crippen LogP contribution in [0.5, 0.6) is 5.75 Å². The van der Waals surface area contributed by atoms with Gasteiger partial charge in [0.05, 0.1) is 3.57 Å². The first kappa shape index (κ1) is 12.2. The predicted molar refractivity (Wildman–Crippen MR) is 64.7 cm³/mol. The monoisotopic (exact) mass is 318 g/mol. The molecule has 1 aromatic carbocycles. The molecule has 0 heterocycles. The van der Waals surface area contributed by atoms with E-state index in [1.807, 2.05) is 18.2 Å². The molecule has 0 N–H and O–H groups in total. The van der Waals surface area contributed by atoms with E-state index in [-0.39, 0.29) is 12.4 Å². The molecular weight excluding hydrogens is 307 g/mol. The number of carbonyl (C=O) groups is 2. The van der Waals surface area contributed by atoms with Crippen LogP contribution in [-0.2, 0) is 9.59 Å². The van der Waals surface area contributed by atoms with Gasteiger partial charge in [0.1, 0.15) is 12.0 Å². The van der Waals surface area contributed by atoms with Crippen LogP contribution in [0.25, 0.3) is 0 Å². The van der Waals surface area contributed by atoms with E-state index in [1.54, 1.807) is 6.07 Å². The fourth-order valence-electron chi connectivity index (χ4n) is 1.03. The van der Waals surface area contributed by atoms with Gasteiger partial charge in [0.15, 0.2) is 0 Å². The molecule has 0 aliphatic carbocycles. The highest BCUT2D eigenvalue weighted by atomic mass is 127. The average molecular weight is 318 g/mol. The first-order valence-electron chi connectivity index (χ1n) is 4.63. The predicted octanol–water partition coefficient (Wildman–Crippen LogP) is 2.57. The molecule has 80 valence electrons.